The maximum Gasteiger partial charge on any atom is 0.126 e. The molecular formula is C8H17N3O. The summed E-state index contributed by atoms with van der Waals surface area (Å²) in [6, 6.07) is 0. The van der Waals surface area contributed by atoms with Crippen LogP contribution < -0.4 is 0 Å². The van der Waals surface area contributed by atoms with E-state index in [2.05, 4.69) is 30.8 Å². The molecule has 0 saturated heterocycles. The third-order valence-electron chi connectivity index (χ3n) is 2.25. The van der Waals surface area contributed by atoms with Crippen LogP contribution in [0, 0.1) is 11.8 Å². The van der Waals surface area contributed by atoms with E-state index in [0.29, 0.717) is 11.8 Å². The fraction of sp³-hybridized carbons (Fsp3) is 1.00. The Morgan fingerprint density at radius 3 is 2.33 bits per heavy atom. The molecule has 0 aliphatic rings. The summed E-state index contributed by atoms with van der Waals surface area (Å²) in [5, 5.41) is 3.31. The zero-order valence-electron chi connectivity index (χ0n) is 8.19. The highest BCUT2D eigenvalue weighted by Crippen LogP contribution is 2.16. The Balaban J connectivity index is 3.70. The average Bonchev–Trinajstić information content (AvgIpc) is 2.03. The summed E-state index contributed by atoms with van der Waals surface area (Å²) in [6.45, 7) is 8.56. The Labute approximate surface area is 73.5 Å². The zero-order chi connectivity index (χ0) is 9.56. The van der Waals surface area contributed by atoms with Crippen molar-refractivity contribution in [1.29, 1.82) is 0 Å². The smallest absolute Gasteiger partial charge is 0.126 e. The lowest BCUT2D eigenvalue weighted by Gasteiger charge is -2.22. The van der Waals surface area contributed by atoms with Gasteiger partial charge in [0.05, 0.1) is 6.10 Å². The number of rotatable bonds is 5. The molecule has 0 fully saturated rings. The van der Waals surface area contributed by atoms with Crippen LogP contribution in [0.4, 0.5) is 0 Å². The van der Waals surface area contributed by atoms with Gasteiger partial charge in [0.15, 0.2) is 0 Å². The van der Waals surface area contributed by atoms with Crippen molar-refractivity contribution in [1.82, 2.24) is 0 Å². The second-order valence-corrected chi connectivity index (χ2v) is 3.33. The van der Waals surface area contributed by atoms with Gasteiger partial charge in [-0.15, -0.1) is 0 Å². The second-order valence-electron chi connectivity index (χ2n) is 3.33. The fourth-order valence-electron chi connectivity index (χ4n) is 0.871. The van der Waals surface area contributed by atoms with E-state index in [-0.39, 0.29) is 12.8 Å². The predicted octanol–water partition coefficient (Wildman–Crippen LogP) is 2.95. The zero-order valence-corrected chi connectivity index (χ0v) is 8.19. The fourth-order valence-corrected chi connectivity index (χ4v) is 0.871. The third kappa shape index (κ3) is 4.21. The minimum atomic E-state index is 0.134. The maximum absolute atomic E-state index is 8.01. The highest BCUT2D eigenvalue weighted by atomic mass is 16.5. The molecule has 0 aromatic carbocycles. The van der Waals surface area contributed by atoms with Crippen LogP contribution in [0.5, 0.6) is 0 Å². The van der Waals surface area contributed by atoms with Crippen molar-refractivity contribution in [2.24, 2.45) is 17.0 Å². The van der Waals surface area contributed by atoms with Gasteiger partial charge in [-0.2, -0.15) is 0 Å². The number of nitrogens with zero attached hydrogens (tertiary/aromatic N) is 3. The van der Waals surface area contributed by atoms with Crippen molar-refractivity contribution in [2.75, 3.05) is 6.73 Å². The van der Waals surface area contributed by atoms with Crippen LogP contribution in [0.25, 0.3) is 10.4 Å². The van der Waals surface area contributed by atoms with Gasteiger partial charge in [0, 0.05) is 4.91 Å². The van der Waals surface area contributed by atoms with Crippen LogP contribution in [0.1, 0.15) is 27.7 Å². The topological polar surface area (TPSA) is 58.0 Å². The molecule has 12 heavy (non-hydrogen) atoms. The van der Waals surface area contributed by atoms with Crippen molar-refractivity contribution < 1.29 is 4.74 Å². The van der Waals surface area contributed by atoms with E-state index in [1.54, 1.807) is 0 Å². The van der Waals surface area contributed by atoms with E-state index >= 15 is 0 Å². The second kappa shape index (κ2) is 5.86. The van der Waals surface area contributed by atoms with Gasteiger partial charge in [-0.05, 0) is 24.3 Å². The molecule has 0 aromatic rings. The van der Waals surface area contributed by atoms with Crippen LogP contribution in [0.3, 0.4) is 0 Å². The molecule has 0 radical (unpaired) electrons. The molecule has 0 spiro atoms. The molecule has 0 bridgehead atoms. The monoisotopic (exact) mass is 171 g/mol. The molecule has 0 amide bonds. The van der Waals surface area contributed by atoms with E-state index in [4.69, 9.17) is 10.3 Å². The van der Waals surface area contributed by atoms with Gasteiger partial charge in [-0.1, -0.05) is 25.9 Å². The number of hydrogen-bond acceptors (Lipinski definition) is 2. The Bertz CT molecular complexity index is 164. The number of ether oxygens (including phenoxy) is 1. The van der Waals surface area contributed by atoms with Gasteiger partial charge in [0.1, 0.15) is 6.73 Å². The average molecular weight is 171 g/mol. The number of azide groups is 1. The van der Waals surface area contributed by atoms with Crippen LogP contribution in [-0.2, 0) is 4.74 Å². The van der Waals surface area contributed by atoms with E-state index in [1.807, 2.05) is 6.92 Å². The van der Waals surface area contributed by atoms with Gasteiger partial charge in [-0.3, -0.25) is 0 Å². The highest BCUT2D eigenvalue weighted by molar-refractivity contribution is 4.64. The summed E-state index contributed by atoms with van der Waals surface area (Å²) in [6.07, 6.45) is 0.149. The van der Waals surface area contributed by atoms with Crippen LogP contribution >= 0.6 is 0 Å². The first-order chi connectivity index (χ1) is 5.59. The quantitative estimate of drug-likeness (QED) is 0.356. The Hall–Kier alpha value is -0.730. The Kier molecular flexibility index (Phi) is 5.51. The number of hydrogen-bond donors (Lipinski definition) is 0. The van der Waals surface area contributed by atoms with Gasteiger partial charge in [0.2, 0.25) is 0 Å². The van der Waals surface area contributed by atoms with Crippen molar-refractivity contribution in [2.45, 2.75) is 33.8 Å². The van der Waals surface area contributed by atoms with Gasteiger partial charge < -0.3 is 4.74 Å². The molecule has 4 heteroatoms. The first-order valence-electron chi connectivity index (χ1n) is 4.22. The SMILES string of the molecule is CC(C)C(C)C(C)OCN=[N+]=[N-]. The molecule has 0 N–H and O–H groups in total. The first kappa shape index (κ1) is 11.3. The summed E-state index contributed by atoms with van der Waals surface area (Å²) in [5.41, 5.74) is 8.01. The van der Waals surface area contributed by atoms with Crippen molar-refractivity contribution >= 4 is 0 Å². The lowest BCUT2D eigenvalue weighted by atomic mass is 9.93. The largest absolute Gasteiger partial charge is 0.372 e. The third-order valence-corrected chi connectivity index (χ3v) is 2.25. The molecule has 0 saturated carbocycles. The van der Waals surface area contributed by atoms with E-state index in [0.717, 1.165) is 0 Å². The summed E-state index contributed by atoms with van der Waals surface area (Å²) in [5.74, 6) is 1.07. The first-order valence-corrected chi connectivity index (χ1v) is 4.22. The molecule has 70 valence electrons. The van der Waals surface area contributed by atoms with Crippen LogP contribution in [0.2, 0.25) is 0 Å². The standard InChI is InChI=1S/C8H17N3O/c1-6(2)7(3)8(4)12-5-10-11-9/h6-8H,5H2,1-4H3. The van der Waals surface area contributed by atoms with Gasteiger partial charge >= 0.3 is 0 Å². The Morgan fingerprint density at radius 1 is 1.33 bits per heavy atom. The summed E-state index contributed by atoms with van der Waals surface area (Å²) < 4.78 is 5.29. The molecular weight excluding hydrogens is 154 g/mol. The highest BCUT2D eigenvalue weighted by Gasteiger charge is 2.15. The molecule has 2 unspecified atom stereocenters. The molecule has 0 heterocycles. The molecule has 0 aliphatic heterocycles. The summed E-state index contributed by atoms with van der Waals surface area (Å²) in [4.78, 5) is 2.61. The van der Waals surface area contributed by atoms with Gasteiger partial charge in [0.25, 0.3) is 0 Å². The maximum atomic E-state index is 8.01. The van der Waals surface area contributed by atoms with Crippen LogP contribution in [0.15, 0.2) is 5.11 Å². The molecule has 0 aromatic heterocycles. The normalized spacial score (nSPS) is 15.4. The lowest BCUT2D eigenvalue weighted by molar-refractivity contribution is 0.0202. The predicted molar refractivity (Wildman–Crippen MR) is 48.6 cm³/mol. The summed E-state index contributed by atoms with van der Waals surface area (Å²) >= 11 is 0. The van der Waals surface area contributed by atoms with E-state index in [9.17, 15) is 0 Å². The molecule has 0 rings (SSSR count). The van der Waals surface area contributed by atoms with Crippen molar-refractivity contribution in [3.8, 4) is 0 Å². The van der Waals surface area contributed by atoms with E-state index < -0.39 is 0 Å². The minimum Gasteiger partial charge on any atom is -0.372 e. The molecule has 0 aliphatic carbocycles. The van der Waals surface area contributed by atoms with Gasteiger partial charge in [-0.25, -0.2) is 0 Å². The van der Waals surface area contributed by atoms with Crippen molar-refractivity contribution in [3.63, 3.8) is 0 Å². The van der Waals surface area contributed by atoms with E-state index in [1.165, 1.54) is 0 Å². The molecule has 2 atom stereocenters. The minimum absolute atomic E-state index is 0.134. The Morgan fingerprint density at radius 2 is 1.92 bits per heavy atom. The molecule has 4 nitrogen and oxygen atoms in total. The summed E-state index contributed by atoms with van der Waals surface area (Å²) in [7, 11) is 0. The van der Waals surface area contributed by atoms with Crippen LogP contribution in [-0.4, -0.2) is 12.8 Å². The lowest BCUT2D eigenvalue weighted by Crippen LogP contribution is -2.22. The van der Waals surface area contributed by atoms with Crippen molar-refractivity contribution in [3.05, 3.63) is 10.4 Å².